The highest BCUT2D eigenvalue weighted by molar-refractivity contribution is 7.13. The SMILES string of the molecule is Cc1cc(-c2ccnc(N)n2)ccc1CNC(=O)c1cnc(C(C)C)s1. The molecule has 3 N–H and O–H groups in total. The van der Waals surface area contributed by atoms with Crippen LogP contribution >= 0.6 is 11.3 Å². The largest absolute Gasteiger partial charge is 0.368 e. The molecule has 0 fully saturated rings. The molecule has 6 nitrogen and oxygen atoms in total. The van der Waals surface area contributed by atoms with Gasteiger partial charge in [-0.2, -0.15) is 0 Å². The first-order valence-electron chi connectivity index (χ1n) is 8.36. The Balaban J connectivity index is 1.69. The molecule has 0 aliphatic carbocycles. The van der Waals surface area contributed by atoms with E-state index in [2.05, 4.69) is 34.1 Å². The van der Waals surface area contributed by atoms with Gasteiger partial charge in [-0.3, -0.25) is 4.79 Å². The van der Waals surface area contributed by atoms with Crippen LogP contribution in [-0.4, -0.2) is 20.9 Å². The molecule has 0 bridgehead atoms. The predicted octanol–water partition coefficient (Wildman–Crippen LogP) is 3.54. The number of anilines is 1. The second-order valence-electron chi connectivity index (χ2n) is 6.34. The zero-order valence-corrected chi connectivity index (χ0v) is 15.8. The van der Waals surface area contributed by atoms with Gasteiger partial charge in [-0.25, -0.2) is 15.0 Å². The zero-order valence-electron chi connectivity index (χ0n) is 15.0. The molecule has 134 valence electrons. The standard InChI is InChI=1S/C19H21N5OS/c1-11(2)18-23-10-16(26-18)17(25)22-9-14-5-4-13(8-12(14)3)15-6-7-21-19(20)24-15/h4-8,10-11H,9H2,1-3H3,(H,22,25)(H2,20,21,24). The summed E-state index contributed by atoms with van der Waals surface area (Å²) in [5.41, 5.74) is 9.52. The first-order chi connectivity index (χ1) is 12.4. The van der Waals surface area contributed by atoms with Crippen LogP contribution in [0.1, 0.15) is 45.6 Å². The lowest BCUT2D eigenvalue weighted by Gasteiger charge is -2.09. The fourth-order valence-electron chi connectivity index (χ4n) is 2.51. The van der Waals surface area contributed by atoms with Gasteiger partial charge in [0.05, 0.1) is 16.9 Å². The summed E-state index contributed by atoms with van der Waals surface area (Å²) in [5, 5.41) is 3.93. The van der Waals surface area contributed by atoms with Gasteiger partial charge in [0.15, 0.2) is 0 Å². The quantitative estimate of drug-likeness (QED) is 0.719. The Morgan fingerprint density at radius 2 is 2.08 bits per heavy atom. The summed E-state index contributed by atoms with van der Waals surface area (Å²) in [6.45, 7) is 6.61. The smallest absolute Gasteiger partial charge is 0.263 e. The Kier molecular flexibility index (Phi) is 5.27. The molecule has 0 saturated carbocycles. The second kappa shape index (κ2) is 7.61. The number of thiazole rings is 1. The number of nitrogens with one attached hydrogen (secondary N) is 1. The van der Waals surface area contributed by atoms with Crippen molar-refractivity contribution >= 4 is 23.2 Å². The van der Waals surface area contributed by atoms with Gasteiger partial charge in [0, 0.05) is 24.2 Å². The number of nitrogens with two attached hydrogens (primary N) is 1. The van der Waals surface area contributed by atoms with Gasteiger partial charge >= 0.3 is 0 Å². The lowest BCUT2D eigenvalue weighted by Crippen LogP contribution is -2.22. The molecule has 1 amide bonds. The average Bonchev–Trinajstić information content (AvgIpc) is 3.11. The minimum atomic E-state index is -0.0959. The van der Waals surface area contributed by atoms with Crippen LogP contribution in [0, 0.1) is 6.92 Å². The maximum atomic E-state index is 12.3. The van der Waals surface area contributed by atoms with Gasteiger partial charge in [-0.05, 0) is 30.2 Å². The zero-order chi connectivity index (χ0) is 18.7. The number of nitrogens with zero attached hydrogens (tertiary/aromatic N) is 3. The van der Waals surface area contributed by atoms with E-state index in [1.807, 2.05) is 31.2 Å². The molecule has 2 heterocycles. The number of hydrogen-bond donors (Lipinski definition) is 2. The molecule has 3 aromatic rings. The Morgan fingerprint density at radius 1 is 1.27 bits per heavy atom. The molecule has 3 rings (SSSR count). The lowest BCUT2D eigenvalue weighted by molar-refractivity contribution is 0.0954. The van der Waals surface area contributed by atoms with E-state index in [9.17, 15) is 4.79 Å². The van der Waals surface area contributed by atoms with E-state index >= 15 is 0 Å². The average molecular weight is 367 g/mol. The molecule has 0 spiro atoms. The molecule has 0 unspecified atom stereocenters. The third-order valence-corrected chi connectivity index (χ3v) is 5.29. The number of carbonyl (C=O) groups excluding carboxylic acids is 1. The van der Waals surface area contributed by atoms with Crippen molar-refractivity contribution in [2.45, 2.75) is 33.2 Å². The highest BCUT2D eigenvalue weighted by atomic mass is 32.1. The normalized spacial score (nSPS) is 10.9. The van der Waals surface area contributed by atoms with Crippen molar-refractivity contribution in [1.82, 2.24) is 20.3 Å². The van der Waals surface area contributed by atoms with Crippen LogP contribution in [0.15, 0.2) is 36.7 Å². The Labute approximate surface area is 156 Å². The fourth-order valence-corrected chi connectivity index (χ4v) is 3.35. The number of nitrogen functional groups attached to an aromatic ring is 1. The Bertz CT molecular complexity index is 935. The van der Waals surface area contributed by atoms with E-state index in [-0.39, 0.29) is 11.9 Å². The second-order valence-corrected chi connectivity index (χ2v) is 7.40. The highest BCUT2D eigenvalue weighted by Gasteiger charge is 2.13. The molecule has 26 heavy (non-hydrogen) atoms. The van der Waals surface area contributed by atoms with Crippen LogP contribution in [0.5, 0.6) is 0 Å². The van der Waals surface area contributed by atoms with Crippen molar-refractivity contribution in [3.05, 3.63) is 57.7 Å². The highest BCUT2D eigenvalue weighted by Crippen LogP contribution is 2.22. The molecule has 1 aromatic carbocycles. The van der Waals surface area contributed by atoms with Crippen molar-refractivity contribution in [1.29, 1.82) is 0 Å². The number of rotatable bonds is 5. The van der Waals surface area contributed by atoms with Crippen LogP contribution in [0.4, 0.5) is 5.95 Å². The summed E-state index contributed by atoms with van der Waals surface area (Å²) in [4.78, 5) is 25.4. The summed E-state index contributed by atoms with van der Waals surface area (Å²) in [5.74, 6) is 0.482. The topological polar surface area (TPSA) is 93.8 Å². The molecular formula is C19H21N5OS. The maximum absolute atomic E-state index is 12.3. The number of aromatic nitrogens is 3. The van der Waals surface area contributed by atoms with Crippen LogP contribution in [0.3, 0.4) is 0 Å². The molecule has 7 heteroatoms. The van der Waals surface area contributed by atoms with Crippen molar-refractivity contribution in [2.75, 3.05) is 5.73 Å². The Morgan fingerprint density at radius 3 is 2.73 bits per heavy atom. The van der Waals surface area contributed by atoms with Crippen LogP contribution in [0.2, 0.25) is 0 Å². The predicted molar refractivity (Wildman–Crippen MR) is 104 cm³/mol. The first-order valence-corrected chi connectivity index (χ1v) is 9.18. The summed E-state index contributed by atoms with van der Waals surface area (Å²) in [7, 11) is 0. The third kappa shape index (κ3) is 4.05. The van der Waals surface area contributed by atoms with E-state index in [4.69, 9.17) is 5.73 Å². The van der Waals surface area contributed by atoms with E-state index < -0.39 is 0 Å². The summed E-state index contributed by atoms with van der Waals surface area (Å²) in [6, 6.07) is 7.82. The first kappa shape index (κ1) is 18.0. The minimum absolute atomic E-state index is 0.0959. The molecule has 2 aromatic heterocycles. The van der Waals surface area contributed by atoms with Crippen molar-refractivity contribution in [2.24, 2.45) is 0 Å². The third-order valence-electron chi connectivity index (χ3n) is 3.99. The Hall–Kier alpha value is -2.80. The minimum Gasteiger partial charge on any atom is -0.368 e. The summed E-state index contributed by atoms with van der Waals surface area (Å²) < 4.78 is 0. The van der Waals surface area contributed by atoms with Crippen LogP contribution in [0.25, 0.3) is 11.3 Å². The van der Waals surface area contributed by atoms with Crippen molar-refractivity contribution in [3.8, 4) is 11.3 Å². The molecule has 0 atom stereocenters. The van der Waals surface area contributed by atoms with Gasteiger partial charge < -0.3 is 11.1 Å². The molecule has 0 aliphatic heterocycles. The fraction of sp³-hybridized carbons (Fsp3) is 0.263. The molecule has 0 aliphatic rings. The van der Waals surface area contributed by atoms with Crippen LogP contribution in [-0.2, 0) is 6.54 Å². The summed E-state index contributed by atoms with van der Waals surface area (Å²) >= 11 is 1.44. The summed E-state index contributed by atoms with van der Waals surface area (Å²) in [6.07, 6.45) is 3.28. The lowest BCUT2D eigenvalue weighted by atomic mass is 10.0. The van der Waals surface area contributed by atoms with Crippen molar-refractivity contribution < 1.29 is 4.79 Å². The molecular weight excluding hydrogens is 346 g/mol. The number of benzene rings is 1. The molecule has 0 radical (unpaired) electrons. The van der Waals surface area contributed by atoms with Gasteiger partial charge in [-0.1, -0.05) is 26.0 Å². The van der Waals surface area contributed by atoms with Gasteiger partial charge in [-0.15, -0.1) is 11.3 Å². The monoisotopic (exact) mass is 367 g/mol. The van der Waals surface area contributed by atoms with E-state index in [0.29, 0.717) is 17.3 Å². The van der Waals surface area contributed by atoms with E-state index in [0.717, 1.165) is 27.4 Å². The maximum Gasteiger partial charge on any atom is 0.263 e. The number of aryl methyl sites for hydroxylation is 1. The number of carbonyl (C=O) groups is 1. The van der Waals surface area contributed by atoms with Gasteiger partial charge in [0.1, 0.15) is 4.88 Å². The van der Waals surface area contributed by atoms with Gasteiger partial charge in [0.25, 0.3) is 5.91 Å². The van der Waals surface area contributed by atoms with E-state index in [1.54, 1.807) is 12.4 Å². The van der Waals surface area contributed by atoms with Crippen LogP contribution < -0.4 is 11.1 Å². The van der Waals surface area contributed by atoms with E-state index in [1.165, 1.54) is 11.3 Å². The number of amides is 1. The van der Waals surface area contributed by atoms with Crippen molar-refractivity contribution in [3.63, 3.8) is 0 Å². The molecule has 0 saturated heterocycles. The van der Waals surface area contributed by atoms with Gasteiger partial charge in [0.2, 0.25) is 5.95 Å². The number of hydrogen-bond acceptors (Lipinski definition) is 6.